The second kappa shape index (κ2) is 5.59. The van der Waals surface area contributed by atoms with Crippen LogP contribution < -0.4 is 10.5 Å². The lowest BCUT2D eigenvalue weighted by atomic mass is 10.2. The fourth-order valence-corrected chi connectivity index (χ4v) is 3.26. The van der Waals surface area contributed by atoms with E-state index in [4.69, 9.17) is 11.0 Å². The van der Waals surface area contributed by atoms with Crippen molar-refractivity contribution in [1.29, 1.82) is 5.26 Å². The Labute approximate surface area is 115 Å². The third kappa shape index (κ3) is 3.15. The first kappa shape index (κ1) is 14.8. The van der Waals surface area contributed by atoms with E-state index in [9.17, 15) is 8.42 Å². The standard InChI is InChI=1S/C11H14BrN3O2S/c1-3-8(6-13)18(16,17)15-11-5-10(14)7(2)4-9(11)12/h4-5,8,15H,3,14H2,1-2H3. The summed E-state index contributed by atoms with van der Waals surface area (Å²) in [6.45, 7) is 3.47. The first-order chi connectivity index (χ1) is 8.31. The molecule has 0 fully saturated rings. The molecule has 0 radical (unpaired) electrons. The highest BCUT2D eigenvalue weighted by Gasteiger charge is 2.24. The average molecular weight is 332 g/mol. The van der Waals surface area contributed by atoms with Crippen molar-refractivity contribution in [3.05, 3.63) is 22.2 Å². The van der Waals surface area contributed by atoms with Gasteiger partial charge in [-0.15, -0.1) is 0 Å². The van der Waals surface area contributed by atoms with Crippen molar-refractivity contribution in [1.82, 2.24) is 0 Å². The van der Waals surface area contributed by atoms with Crippen LogP contribution in [0.2, 0.25) is 0 Å². The van der Waals surface area contributed by atoms with Crippen LogP contribution in [0.5, 0.6) is 0 Å². The lowest BCUT2D eigenvalue weighted by Crippen LogP contribution is -2.26. The molecule has 1 atom stereocenters. The maximum atomic E-state index is 11.9. The molecule has 1 unspecified atom stereocenters. The number of sulfonamides is 1. The molecule has 0 aliphatic heterocycles. The van der Waals surface area contributed by atoms with Crippen LogP contribution in [0.3, 0.4) is 0 Å². The number of halogens is 1. The van der Waals surface area contributed by atoms with Crippen LogP contribution in [-0.2, 0) is 10.0 Å². The van der Waals surface area contributed by atoms with E-state index in [1.807, 2.05) is 6.92 Å². The van der Waals surface area contributed by atoms with E-state index in [-0.39, 0.29) is 6.42 Å². The normalized spacial score (nSPS) is 12.8. The van der Waals surface area contributed by atoms with E-state index in [2.05, 4.69) is 20.7 Å². The molecule has 98 valence electrons. The lowest BCUT2D eigenvalue weighted by molar-refractivity contribution is 0.593. The van der Waals surface area contributed by atoms with E-state index in [1.54, 1.807) is 19.1 Å². The van der Waals surface area contributed by atoms with Crippen molar-refractivity contribution in [2.75, 3.05) is 10.5 Å². The van der Waals surface area contributed by atoms with E-state index in [0.717, 1.165) is 5.56 Å². The largest absolute Gasteiger partial charge is 0.398 e. The van der Waals surface area contributed by atoms with Crippen molar-refractivity contribution < 1.29 is 8.42 Å². The maximum Gasteiger partial charge on any atom is 0.249 e. The number of anilines is 2. The number of hydrogen-bond acceptors (Lipinski definition) is 4. The van der Waals surface area contributed by atoms with Gasteiger partial charge in [0, 0.05) is 10.2 Å². The minimum absolute atomic E-state index is 0.227. The molecule has 7 heteroatoms. The molecule has 0 aliphatic rings. The smallest absolute Gasteiger partial charge is 0.249 e. The van der Waals surface area contributed by atoms with Crippen molar-refractivity contribution in [2.45, 2.75) is 25.5 Å². The van der Waals surface area contributed by atoms with Crippen LogP contribution in [0, 0.1) is 18.3 Å². The van der Waals surface area contributed by atoms with Gasteiger partial charge in [0.05, 0.1) is 11.8 Å². The minimum Gasteiger partial charge on any atom is -0.398 e. The monoisotopic (exact) mass is 331 g/mol. The maximum absolute atomic E-state index is 11.9. The highest BCUT2D eigenvalue weighted by molar-refractivity contribution is 9.10. The number of nitrogens with zero attached hydrogens (tertiary/aromatic N) is 1. The van der Waals surface area contributed by atoms with Crippen LogP contribution in [-0.4, -0.2) is 13.7 Å². The fourth-order valence-electron chi connectivity index (χ4n) is 1.37. The van der Waals surface area contributed by atoms with Gasteiger partial charge in [-0.3, -0.25) is 4.72 Å². The number of nitrogen functional groups attached to an aromatic ring is 1. The van der Waals surface area contributed by atoms with Gasteiger partial charge in [-0.25, -0.2) is 8.42 Å². The molecular weight excluding hydrogens is 318 g/mol. The Morgan fingerprint density at radius 3 is 2.67 bits per heavy atom. The predicted octanol–water partition coefficient (Wildman–Crippen LogP) is 2.38. The molecule has 0 saturated heterocycles. The summed E-state index contributed by atoms with van der Waals surface area (Å²) >= 11 is 3.26. The molecule has 1 aromatic carbocycles. The van der Waals surface area contributed by atoms with Gasteiger partial charge in [-0.2, -0.15) is 5.26 Å². The predicted molar refractivity (Wildman–Crippen MR) is 75.5 cm³/mol. The summed E-state index contributed by atoms with van der Waals surface area (Å²) in [5.41, 5.74) is 7.40. The molecule has 0 spiro atoms. The van der Waals surface area contributed by atoms with E-state index in [1.165, 1.54) is 6.07 Å². The number of hydrogen-bond donors (Lipinski definition) is 2. The molecule has 0 bridgehead atoms. The lowest BCUT2D eigenvalue weighted by Gasteiger charge is -2.14. The summed E-state index contributed by atoms with van der Waals surface area (Å²) in [6, 6.07) is 5.01. The molecular formula is C11H14BrN3O2S. The van der Waals surface area contributed by atoms with E-state index in [0.29, 0.717) is 15.8 Å². The highest BCUT2D eigenvalue weighted by atomic mass is 79.9. The van der Waals surface area contributed by atoms with Crippen LogP contribution >= 0.6 is 15.9 Å². The Kier molecular flexibility index (Phi) is 4.59. The first-order valence-electron chi connectivity index (χ1n) is 5.28. The third-order valence-corrected chi connectivity index (χ3v) is 4.85. The van der Waals surface area contributed by atoms with Gasteiger partial charge in [-0.05, 0) is 47.0 Å². The summed E-state index contributed by atoms with van der Waals surface area (Å²) in [4.78, 5) is 0. The van der Waals surface area contributed by atoms with Crippen LogP contribution in [0.1, 0.15) is 18.9 Å². The molecule has 0 aliphatic carbocycles. The molecule has 1 aromatic rings. The van der Waals surface area contributed by atoms with Crippen LogP contribution in [0.15, 0.2) is 16.6 Å². The molecule has 0 heterocycles. The van der Waals surface area contributed by atoms with Gasteiger partial charge >= 0.3 is 0 Å². The second-order valence-electron chi connectivity index (χ2n) is 3.86. The van der Waals surface area contributed by atoms with Gasteiger partial charge in [0.1, 0.15) is 0 Å². The Bertz CT molecular complexity index is 593. The zero-order valence-electron chi connectivity index (χ0n) is 10.1. The molecule has 1 rings (SSSR count). The average Bonchev–Trinajstić information content (AvgIpc) is 2.26. The molecule has 0 amide bonds. The number of nitriles is 1. The van der Waals surface area contributed by atoms with Gasteiger partial charge < -0.3 is 5.73 Å². The Morgan fingerprint density at radius 1 is 1.56 bits per heavy atom. The minimum atomic E-state index is -3.72. The Morgan fingerprint density at radius 2 is 2.17 bits per heavy atom. The molecule has 18 heavy (non-hydrogen) atoms. The molecule has 0 aromatic heterocycles. The van der Waals surface area contributed by atoms with Gasteiger partial charge in [-0.1, -0.05) is 6.92 Å². The summed E-state index contributed by atoms with van der Waals surface area (Å²) in [5, 5.41) is 7.73. The van der Waals surface area contributed by atoms with E-state index < -0.39 is 15.3 Å². The Hall–Kier alpha value is -1.26. The van der Waals surface area contributed by atoms with Crippen molar-refractivity contribution in [3.8, 4) is 6.07 Å². The molecule has 3 N–H and O–H groups in total. The van der Waals surface area contributed by atoms with Crippen LogP contribution in [0.25, 0.3) is 0 Å². The number of benzene rings is 1. The molecule has 5 nitrogen and oxygen atoms in total. The fraction of sp³-hybridized carbons (Fsp3) is 0.364. The number of nitrogens with two attached hydrogens (primary N) is 1. The number of aryl methyl sites for hydroxylation is 1. The van der Waals surface area contributed by atoms with Crippen molar-refractivity contribution in [2.24, 2.45) is 0 Å². The third-order valence-electron chi connectivity index (χ3n) is 2.50. The summed E-state index contributed by atoms with van der Waals surface area (Å²) in [7, 11) is -3.72. The van der Waals surface area contributed by atoms with Gasteiger partial charge in [0.15, 0.2) is 5.25 Å². The summed E-state index contributed by atoms with van der Waals surface area (Å²) in [5.74, 6) is 0. The topological polar surface area (TPSA) is 96.0 Å². The zero-order valence-corrected chi connectivity index (χ0v) is 12.5. The first-order valence-corrected chi connectivity index (χ1v) is 7.62. The summed E-state index contributed by atoms with van der Waals surface area (Å²) in [6.07, 6.45) is 0.227. The van der Waals surface area contributed by atoms with Crippen molar-refractivity contribution >= 4 is 37.3 Å². The van der Waals surface area contributed by atoms with E-state index >= 15 is 0 Å². The molecule has 0 saturated carbocycles. The quantitative estimate of drug-likeness (QED) is 0.828. The SMILES string of the molecule is CCC(C#N)S(=O)(=O)Nc1cc(N)c(C)cc1Br. The van der Waals surface area contributed by atoms with Gasteiger partial charge in [0.25, 0.3) is 0 Å². The zero-order chi connectivity index (χ0) is 13.9. The number of rotatable bonds is 4. The van der Waals surface area contributed by atoms with Crippen LogP contribution in [0.4, 0.5) is 11.4 Å². The highest BCUT2D eigenvalue weighted by Crippen LogP contribution is 2.29. The number of nitrogens with one attached hydrogen (secondary N) is 1. The summed E-state index contributed by atoms with van der Waals surface area (Å²) < 4.78 is 26.8. The van der Waals surface area contributed by atoms with Crippen molar-refractivity contribution in [3.63, 3.8) is 0 Å². The van der Waals surface area contributed by atoms with Gasteiger partial charge in [0.2, 0.25) is 10.0 Å². The Balaban J connectivity index is 3.13. The second-order valence-corrected chi connectivity index (χ2v) is 6.58.